The Morgan fingerprint density at radius 1 is 0.704 bits per heavy atom. The number of fused-ring (bicyclic) bond motifs is 4. The summed E-state index contributed by atoms with van der Waals surface area (Å²) in [7, 11) is 0. The number of hydrogen-bond donors (Lipinski definition) is 5. The third-order valence-electron chi connectivity index (χ3n) is 10.2. The van der Waals surface area contributed by atoms with Crippen LogP contribution in [0.15, 0.2) is 97.1 Å². The molecule has 4 heterocycles. The van der Waals surface area contributed by atoms with Crippen molar-refractivity contribution in [1.29, 1.82) is 0 Å². The van der Waals surface area contributed by atoms with E-state index in [-0.39, 0.29) is 22.8 Å². The lowest BCUT2D eigenvalue weighted by atomic mass is 9.93. The maximum Gasteiger partial charge on any atom is 0.416 e. The number of rotatable bonds is 10. The molecule has 4 aromatic carbocycles. The Kier molecular flexibility index (Phi) is 10.9. The van der Waals surface area contributed by atoms with Gasteiger partial charge in [-0.1, -0.05) is 24.3 Å². The average Bonchev–Trinajstić information content (AvgIpc) is 3.96. The summed E-state index contributed by atoms with van der Waals surface area (Å²) in [4.78, 5) is 24.4. The maximum atomic E-state index is 12.6. The van der Waals surface area contributed by atoms with Gasteiger partial charge in [-0.15, -0.1) is 0 Å². The SMILES string of the molecule is CCOc1ccc(C(=O)Nc2ccc(C[C@]34CN[C@H](CO3)C4)cc2)cc1.O=C(Nc1ccc(C[C@@]23CN[C@@H](CO2)C3)cc1)Nc1ccc(C(F)(F)F)cc1. The fraction of sp³-hybridized carbons (Fsp3) is 0.366. The van der Waals surface area contributed by atoms with Crippen molar-refractivity contribution in [2.45, 2.75) is 62.1 Å². The molecule has 4 fully saturated rings. The monoisotopic (exact) mass is 743 g/mol. The first-order valence-corrected chi connectivity index (χ1v) is 18.2. The van der Waals surface area contributed by atoms with Gasteiger partial charge in [-0.05, 0) is 104 Å². The van der Waals surface area contributed by atoms with Crippen molar-refractivity contribution < 1.29 is 37.0 Å². The molecule has 13 heteroatoms. The highest BCUT2D eigenvalue weighted by Gasteiger charge is 2.47. The van der Waals surface area contributed by atoms with Crippen LogP contribution < -0.4 is 31.3 Å². The minimum atomic E-state index is -4.40. The second kappa shape index (κ2) is 15.8. The second-order valence-electron chi connectivity index (χ2n) is 14.4. The van der Waals surface area contributed by atoms with Gasteiger partial charge < -0.3 is 40.8 Å². The highest BCUT2D eigenvalue weighted by atomic mass is 19.4. The number of nitrogens with one attached hydrogen (secondary N) is 5. The molecule has 0 aromatic heterocycles. The minimum absolute atomic E-state index is 0.0439. The zero-order chi connectivity index (χ0) is 37.8. The van der Waals surface area contributed by atoms with Crippen molar-refractivity contribution in [3.05, 3.63) is 119 Å². The molecule has 4 saturated heterocycles. The Labute approximate surface area is 312 Å². The van der Waals surface area contributed by atoms with Crippen LogP contribution in [0.25, 0.3) is 0 Å². The molecule has 4 aliphatic heterocycles. The predicted octanol–water partition coefficient (Wildman–Crippen LogP) is 7.03. The van der Waals surface area contributed by atoms with E-state index >= 15 is 0 Å². The molecule has 54 heavy (non-hydrogen) atoms. The van der Waals surface area contributed by atoms with E-state index in [9.17, 15) is 22.8 Å². The molecular weight excluding hydrogens is 699 g/mol. The van der Waals surface area contributed by atoms with E-state index in [0.29, 0.717) is 29.9 Å². The Bertz CT molecular complexity index is 1890. The van der Waals surface area contributed by atoms with Gasteiger partial charge in [0.1, 0.15) is 5.75 Å². The first-order valence-electron chi connectivity index (χ1n) is 18.2. The lowest BCUT2D eigenvalue weighted by molar-refractivity contribution is -0.137. The van der Waals surface area contributed by atoms with Gasteiger partial charge in [-0.2, -0.15) is 13.2 Å². The molecule has 4 bridgehead atoms. The topological polar surface area (TPSA) is 122 Å². The number of anilines is 3. The normalized spacial score (nSPS) is 23.7. The number of carbonyl (C=O) groups is 2. The number of alkyl halides is 3. The summed E-state index contributed by atoms with van der Waals surface area (Å²) in [6, 6.07) is 27.4. The predicted molar refractivity (Wildman–Crippen MR) is 200 cm³/mol. The number of amides is 3. The van der Waals surface area contributed by atoms with Crippen LogP contribution in [0.2, 0.25) is 0 Å². The van der Waals surface area contributed by atoms with Crippen molar-refractivity contribution in [3.8, 4) is 5.75 Å². The van der Waals surface area contributed by atoms with Gasteiger partial charge in [0.25, 0.3) is 5.91 Å². The Morgan fingerprint density at radius 2 is 1.17 bits per heavy atom. The van der Waals surface area contributed by atoms with Crippen molar-refractivity contribution in [2.75, 3.05) is 48.9 Å². The van der Waals surface area contributed by atoms with Gasteiger partial charge in [0.15, 0.2) is 0 Å². The van der Waals surface area contributed by atoms with E-state index in [1.165, 1.54) is 17.7 Å². The van der Waals surface area contributed by atoms with Crippen molar-refractivity contribution in [1.82, 2.24) is 10.6 Å². The number of benzene rings is 4. The highest BCUT2D eigenvalue weighted by molar-refractivity contribution is 6.04. The van der Waals surface area contributed by atoms with E-state index in [1.807, 2.05) is 43.3 Å². The zero-order valence-corrected chi connectivity index (χ0v) is 29.9. The van der Waals surface area contributed by atoms with Crippen molar-refractivity contribution in [2.24, 2.45) is 0 Å². The molecule has 0 radical (unpaired) electrons. The van der Waals surface area contributed by atoms with E-state index in [2.05, 4.69) is 38.7 Å². The number of ether oxygens (including phenoxy) is 3. The van der Waals surface area contributed by atoms with Crippen LogP contribution >= 0.6 is 0 Å². The van der Waals surface area contributed by atoms with E-state index in [1.54, 1.807) is 24.3 Å². The molecule has 4 aromatic rings. The molecule has 4 aliphatic rings. The summed E-state index contributed by atoms with van der Waals surface area (Å²) < 4.78 is 55.0. The Balaban J connectivity index is 0.000000167. The van der Waals surface area contributed by atoms with E-state index in [0.717, 1.165) is 81.1 Å². The van der Waals surface area contributed by atoms with Crippen molar-refractivity contribution in [3.63, 3.8) is 0 Å². The smallest absolute Gasteiger partial charge is 0.416 e. The number of hydrogen-bond acceptors (Lipinski definition) is 7. The van der Waals surface area contributed by atoms with Crippen LogP contribution in [0, 0.1) is 0 Å². The standard InChI is InChI=1S/C21H24N2O3.C20H20F3N3O2/c1-2-25-19-9-5-16(6-10-19)20(24)23-17-7-3-15(4-8-17)11-21-12-18(13-26-21)22-14-21;21-20(22,23)14-3-7-16(8-4-14)26-18(27)25-15-5-1-13(2-6-15)9-19-10-17(11-28-19)24-12-19/h3-10,18,22H,2,11-14H2,1H3,(H,23,24);1-8,17,24H,9-12H2,(H2,25,26,27)/t18-,21-;17-,19-/m01/s1. The molecule has 4 atom stereocenters. The zero-order valence-electron chi connectivity index (χ0n) is 29.9. The minimum Gasteiger partial charge on any atom is -0.494 e. The fourth-order valence-corrected chi connectivity index (χ4v) is 7.49. The highest BCUT2D eigenvalue weighted by Crippen LogP contribution is 2.36. The molecule has 10 nitrogen and oxygen atoms in total. The third-order valence-corrected chi connectivity index (χ3v) is 10.2. The maximum absolute atomic E-state index is 12.6. The third kappa shape index (κ3) is 9.22. The van der Waals surface area contributed by atoms with Crippen LogP contribution in [0.1, 0.15) is 46.8 Å². The Hall–Kier alpha value is -4.95. The first kappa shape index (κ1) is 37.4. The molecule has 8 rings (SSSR count). The van der Waals surface area contributed by atoms with Gasteiger partial charge in [0.05, 0.1) is 36.6 Å². The number of morpholine rings is 2. The molecule has 0 saturated carbocycles. The number of urea groups is 1. The molecule has 5 N–H and O–H groups in total. The molecular formula is C41H44F3N5O5. The van der Waals surface area contributed by atoms with Gasteiger partial charge in [0, 0.05) is 60.6 Å². The number of carbonyl (C=O) groups excluding carboxylic acids is 2. The second-order valence-corrected chi connectivity index (χ2v) is 14.4. The molecule has 284 valence electrons. The summed E-state index contributed by atoms with van der Waals surface area (Å²) in [6.07, 6.45) is -0.578. The summed E-state index contributed by atoms with van der Waals surface area (Å²) in [6.45, 7) is 5.90. The molecule has 0 aliphatic carbocycles. The Morgan fingerprint density at radius 3 is 1.56 bits per heavy atom. The molecule has 0 spiro atoms. The summed E-state index contributed by atoms with van der Waals surface area (Å²) in [5.74, 6) is 0.645. The van der Waals surface area contributed by atoms with Crippen LogP contribution in [0.4, 0.5) is 35.0 Å². The van der Waals surface area contributed by atoms with Crippen LogP contribution in [-0.4, -0.2) is 68.1 Å². The quantitative estimate of drug-likeness (QED) is 0.118. The van der Waals surface area contributed by atoms with Gasteiger partial charge in [-0.25, -0.2) is 4.79 Å². The van der Waals surface area contributed by atoms with E-state index < -0.39 is 17.8 Å². The van der Waals surface area contributed by atoms with Crippen molar-refractivity contribution >= 4 is 29.0 Å². The first-order chi connectivity index (χ1) is 26.0. The van der Waals surface area contributed by atoms with Crippen LogP contribution in [0.3, 0.4) is 0 Å². The summed E-state index contributed by atoms with van der Waals surface area (Å²) >= 11 is 0. The number of halogens is 3. The van der Waals surface area contributed by atoms with Crippen LogP contribution in [-0.2, 0) is 28.5 Å². The lowest BCUT2D eigenvalue weighted by Gasteiger charge is -2.26. The lowest BCUT2D eigenvalue weighted by Crippen LogP contribution is -2.40. The summed E-state index contributed by atoms with van der Waals surface area (Å²) in [5, 5.41) is 15.1. The van der Waals surface area contributed by atoms with Gasteiger partial charge in [-0.3, -0.25) is 4.79 Å². The average molecular weight is 744 g/mol. The van der Waals surface area contributed by atoms with Gasteiger partial charge in [0.2, 0.25) is 0 Å². The van der Waals surface area contributed by atoms with E-state index in [4.69, 9.17) is 14.2 Å². The fourth-order valence-electron chi connectivity index (χ4n) is 7.49. The molecule has 0 unspecified atom stereocenters. The largest absolute Gasteiger partial charge is 0.494 e. The van der Waals surface area contributed by atoms with Gasteiger partial charge >= 0.3 is 12.2 Å². The molecule has 3 amide bonds. The van der Waals surface area contributed by atoms with Crippen LogP contribution in [0.5, 0.6) is 5.75 Å². The summed E-state index contributed by atoms with van der Waals surface area (Å²) in [5.41, 5.74) is 3.70.